The summed E-state index contributed by atoms with van der Waals surface area (Å²) >= 11 is 0. The predicted octanol–water partition coefficient (Wildman–Crippen LogP) is 2.31. The number of hydrogen-bond donors (Lipinski definition) is 1. The number of nitrogens with zero attached hydrogens (tertiary/aromatic N) is 2. The number of ether oxygens (including phenoxy) is 1. The second-order valence-corrected chi connectivity index (χ2v) is 5.28. The van der Waals surface area contributed by atoms with Gasteiger partial charge in [-0.25, -0.2) is 4.98 Å². The van der Waals surface area contributed by atoms with Crippen molar-refractivity contribution in [2.24, 2.45) is 5.73 Å². The third-order valence-electron chi connectivity index (χ3n) is 3.83. The number of rotatable bonds is 6. The maximum Gasteiger partial charge on any atom is 0.129 e. The van der Waals surface area contributed by atoms with Gasteiger partial charge >= 0.3 is 0 Å². The molecule has 0 amide bonds. The van der Waals surface area contributed by atoms with Crippen LogP contribution in [0.25, 0.3) is 10.9 Å². The fourth-order valence-corrected chi connectivity index (χ4v) is 2.61. The lowest BCUT2D eigenvalue weighted by Gasteiger charge is -2.24. The Morgan fingerprint density at radius 3 is 2.85 bits per heavy atom. The molecular formula is C16H21N3O. The van der Waals surface area contributed by atoms with Crippen molar-refractivity contribution in [2.45, 2.75) is 25.4 Å². The summed E-state index contributed by atoms with van der Waals surface area (Å²) in [5.74, 6) is 1.03. The molecular weight excluding hydrogens is 250 g/mol. The molecule has 0 saturated heterocycles. The average molecular weight is 271 g/mol. The summed E-state index contributed by atoms with van der Waals surface area (Å²) in [5, 5.41) is 1.15. The molecule has 4 heteroatoms. The van der Waals surface area contributed by atoms with E-state index in [0.717, 1.165) is 35.4 Å². The van der Waals surface area contributed by atoms with E-state index in [4.69, 9.17) is 15.5 Å². The summed E-state index contributed by atoms with van der Waals surface area (Å²) in [5.41, 5.74) is 8.09. The summed E-state index contributed by atoms with van der Waals surface area (Å²) in [4.78, 5) is 7.17. The molecule has 1 aromatic heterocycles. The van der Waals surface area contributed by atoms with Gasteiger partial charge in [0.2, 0.25) is 0 Å². The van der Waals surface area contributed by atoms with E-state index in [0.29, 0.717) is 12.6 Å². The molecule has 1 saturated carbocycles. The van der Waals surface area contributed by atoms with Crippen LogP contribution in [0, 0.1) is 0 Å². The van der Waals surface area contributed by atoms with Crippen LogP contribution in [0.1, 0.15) is 18.4 Å². The summed E-state index contributed by atoms with van der Waals surface area (Å²) in [7, 11) is 1.74. The van der Waals surface area contributed by atoms with Gasteiger partial charge in [-0.15, -0.1) is 0 Å². The van der Waals surface area contributed by atoms with Crippen LogP contribution in [0.5, 0.6) is 0 Å². The third kappa shape index (κ3) is 2.62. The molecule has 1 aliphatic carbocycles. The Morgan fingerprint density at radius 1 is 1.35 bits per heavy atom. The highest BCUT2D eigenvalue weighted by Gasteiger charge is 2.30. The number of methoxy groups -OCH3 is 1. The fourth-order valence-electron chi connectivity index (χ4n) is 2.61. The maximum absolute atomic E-state index is 5.91. The maximum atomic E-state index is 5.91. The van der Waals surface area contributed by atoms with Crippen LogP contribution in [0.4, 0.5) is 5.82 Å². The molecule has 0 atom stereocenters. The largest absolute Gasteiger partial charge is 0.383 e. The van der Waals surface area contributed by atoms with Crippen LogP contribution in [0.15, 0.2) is 30.3 Å². The van der Waals surface area contributed by atoms with Crippen LogP contribution in [0.2, 0.25) is 0 Å². The first-order valence-corrected chi connectivity index (χ1v) is 7.18. The SMILES string of the molecule is COCCN(c1cc(CN)c2ccccc2n1)C1CC1. The first kappa shape index (κ1) is 13.3. The first-order valence-electron chi connectivity index (χ1n) is 7.18. The van der Waals surface area contributed by atoms with Crippen LogP contribution in [0.3, 0.4) is 0 Å². The Kier molecular flexibility index (Phi) is 3.85. The van der Waals surface area contributed by atoms with Crippen molar-refractivity contribution in [3.8, 4) is 0 Å². The molecule has 1 aromatic carbocycles. The Morgan fingerprint density at radius 2 is 2.15 bits per heavy atom. The van der Waals surface area contributed by atoms with E-state index in [2.05, 4.69) is 23.1 Å². The number of aromatic nitrogens is 1. The Balaban J connectivity index is 2.00. The van der Waals surface area contributed by atoms with Gasteiger partial charge in [0.25, 0.3) is 0 Å². The first-order chi connectivity index (χ1) is 9.83. The second-order valence-electron chi connectivity index (χ2n) is 5.28. The highest BCUT2D eigenvalue weighted by molar-refractivity contribution is 5.84. The van der Waals surface area contributed by atoms with Crippen molar-refractivity contribution in [1.29, 1.82) is 0 Å². The van der Waals surface area contributed by atoms with Crippen molar-refractivity contribution >= 4 is 16.7 Å². The molecule has 1 aliphatic rings. The van der Waals surface area contributed by atoms with Crippen molar-refractivity contribution < 1.29 is 4.74 Å². The van der Waals surface area contributed by atoms with Gasteiger partial charge in [0.05, 0.1) is 12.1 Å². The van der Waals surface area contributed by atoms with Gasteiger partial charge in [-0.1, -0.05) is 18.2 Å². The molecule has 2 aromatic rings. The van der Waals surface area contributed by atoms with Gasteiger partial charge in [0.15, 0.2) is 0 Å². The van der Waals surface area contributed by atoms with Crippen molar-refractivity contribution in [3.05, 3.63) is 35.9 Å². The number of fused-ring (bicyclic) bond motifs is 1. The van der Waals surface area contributed by atoms with Crippen molar-refractivity contribution in [2.75, 3.05) is 25.2 Å². The van der Waals surface area contributed by atoms with Gasteiger partial charge in [-0.05, 0) is 30.5 Å². The molecule has 106 valence electrons. The number of anilines is 1. The summed E-state index contributed by atoms with van der Waals surface area (Å²) in [6.45, 7) is 2.15. The van der Waals surface area contributed by atoms with E-state index in [9.17, 15) is 0 Å². The normalized spacial score (nSPS) is 14.7. The minimum atomic E-state index is 0.540. The van der Waals surface area contributed by atoms with Crippen LogP contribution >= 0.6 is 0 Å². The number of benzene rings is 1. The van der Waals surface area contributed by atoms with E-state index < -0.39 is 0 Å². The zero-order valence-electron chi connectivity index (χ0n) is 11.9. The lowest BCUT2D eigenvalue weighted by Crippen LogP contribution is -2.30. The number of hydrogen-bond acceptors (Lipinski definition) is 4. The van der Waals surface area contributed by atoms with E-state index in [-0.39, 0.29) is 0 Å². The number of pyridine rings is 1. The minimum Gasteiger partial charge on any atom is -0.383 e. The fraction of sp³-hybridized carbons (Fsp3) is 0.438. The lowest BCUT2D eigenvalue weighted by atomic mass is 10.1. The highest BCUT2D eigenvalue weighted by Crippen LogP contribution is 2.32. The van der Waals surface area contributed by atoms with Gasteiger partial charge in [0, 0.05) is 31.6 Å². The zero-order valence-corrected chi connectivity index (χ0v) is 11.9. The lowest BCUT2D eigenvalue weighted by molar-refractivity contribution is 0.204. The average Bonchev–Trinajstić information content (AvgIpc) is 3.31. The van der Waals surface area contributed by atoms with Crippen molar-refractivity contribution in [3.63, 3.8) is 0 Å². The molecule has 2 N–H and O–H groups in total. The van der Waals surface area contributed by atoms with Gasteiger partial charge in [0.1, 0.15) is 5.82 Å². The van der Waals surface area contributed by atoms with Gasteiger partial charge in [-0.2, -0.15) is 0 Å². The standard InChI is InChI=1S/C16H21N3O/c1-20-9-8-19(13-6-7-13)16-10-12(11-17)14-4-2-3-5-15(14)18-16/h2-5,10,13H,6-9,11,17H2,1H3. The Bertz CT molecular complexity index is 595. The minimum absolute atomic E-state index is 0.540. The molecule has 3 rings (SSSR count). The zero-order chi connectivity index (χ0) is 13.9. The molecule has 0 bridgehead atoms. The molecule has 4 nitrogen and oxygen atoms in total. The summed E-state index contributed by atoms with van der Waals surface area (Å²) in [6, 6.07) is 11.0. The molecule has 0 radical (unpaired) electrons. The van der Waals surface area contributed by atoms with E-state index in [1.807, 2.05) is 12.1 Å². The molecule has 0 aliphatic heterocycles. The topological polar surface area (TPSA) is 51.4 Å². The Labute approximate surface area is 119 Å². The summed E-state index contributed by atoms with van der Waals surface area (Å²) < 4.78 is 5.22. The van der Waals surface area contributed by atoms with Gasteiger partial charge < -0.3 is 15.4 Å². The molecule has 20 heavy (non-hydrogen) atoms. The summed E-state index contributed by atoms with van der Waals surface area (Å²) in [6.07, 6.45) is 2.49. The third-order valence-corrected chi connectivity index (χ3v) is 3.83. The molecule has 0 spiro atoms. The number of nitrogens with two attached hydrogens (primary N) is 1. The highest BCUT2D eigenvalue weighted by atomic mass is 16.5. The van der Waals surface area contributed by atoms with E-state index >= 15 is 0 Å². The Hall–Kier alpha value is -1.65. The van der Waals surface area contributed by atoms with Gasteiger partial charge in [-0.3, -0.25) is 0 Å². The van der Waals surface area contributed by atoms with Crippen LogP contribution in [-0.4, -0.2) is 31.3 Å². The quantitative estimate of drug-likeness (QED) is 0.876. The molecule has 1 heterocycles. The van der Waals surface area contributed by atoms with Crippen molar-refractivity contribution in [1.82, 2.24) is 4.98 Å². The van der Waals surface area contributed by atoms with E-state index in [1.54, 1.807) is 7.11 Å². The monoisotopic (exact) mass is 271 g/mol. The predicted molar refractivity (Wildman–Crippen MR) is 81.9 cm³/mol. The van der Waals surface area contributed by atoms with Crippen LogP contribution < -0.4 is 10.6 Å². The molecule has 0 unspecified atom stereocenters. The van der Waals surface area contributed by atoms with E-state index in [1.165, 1.54) is 12.8 Å². The smallest absolute Gasteiger partial charge is 0.129 e. The van der Waals surface area contributed by atoms with Crippen LogP contribution in [-0.2, 0) is 11.3 Å². The molecule has 1 fully saturated rings. The number of para-hydroxylation sites is 1. The second kappa shape index (κ2) is 5.77.